The second kappa shape index (κ2) is 12.0. The monoisotopic (exact) mass is 592 g/mol. The number of rotatable bonds is 5. The molecule has 1 heterocycles. The maximum Gasteiger partial charge on any atom is 0.338 e. The molecule has 6 aromatic rings. The number of fused-ring (bicyclic) bond motifs is 3. The molecule has 0 spiro atoms. The molecule has 6 aromatic carbocycles. The fourth-order valence-electron chi connectivity index (χ4n) is 5.54. The molecule has 0 atom stereocenters. The minimum atomic E-state index is -0.666. The van der Waals surface area contributed by atoms with Gasteiger partial charge in [-0.15, -0.1) is 0 Å². The zero-order chi connectivity index (χ0) is 30.8. The first-order valence-corrected chi connectivity index (χ1v) is 14.6. The summed E-state index contributed by atoms with van der Waals surface area (Å²) in [7, 11) is 0. The molecule has 1 aliphatic rings. The normalized spacial score (nSPS) is 12.8. The van der Waals surface area contributed by atoms with E-state index in [1.54, 1.807) is 24.3 Å². The minimum absolute atomic E-state index is 0.121. The molecule has 7 rings (SSSR count). The Labute approximate surface area is 260 Å². The molecule has 45 heavy (non-hydrogen) atoms. The molecule has 0 amide bonds. The first-order chi connectivity index (χ1) is 22.0. The van der Waals surface area contributed by atoms with Crippen LogP contribution in [0.2, 0.25) is 0 Å². The largest absolute Gasteiger partial charge is 0.490 e. The van der Waals surface area contributed by atoms with Gasteiger partial charge in [-0.2, -0.15) is 0 Å². The lowest BCUT2D eigenvalue weighted by molar-refractivity contribution is -0.128. The van der Waals surface area contributed by atoms with Crippen molar-refractivity contribution in [1.82, 2.24) is 0 Å². The van der Waals surface area contributed by atoms with Crippen molar-refractivity contribution in [3.8, 4) is 39.5 Å². The van der Waals surface area contributed by atoms with Gasteiger partial charge in [0.1, 0.15) is 30.5 Å². The van der Waals surface area contributed by atoms with Gasteiger partial charge in [-0.05, 0) is 92.3 Å². The van der Waals surface area contributed by atoms with E-state index in [1.807, 2.05) is 60.7 Å². The first kappa shape index (κ1) is 27.9. The number of carbonyl (C=O) groups excluding carboxylic acids is 2. The van der Waals surface area contributed by atoms with Crippen molar-refractivity contribution >= 4 is 33.5 Å². The van der Waals surface area contributed by atoms with E-state index in [9.17, 15) is 9.59 Å². The van der Waals surface area contributed by atoms with Gasteiger partial charge in [-0.25, -0.2) is 9.59 Å². The van der Waals surface area contributed by atoms with Gasteiger partial charge in [0.15, 0.2) is 6.10 Å². The van der Waals surface area contributed by atoms with Crippen LogP contribution in [0.3, 0.4) is 0 Å². The Kier molecular flexibility index (Phi) is 7.46. The van der Waals surface area contributed by atoms with Crippen molar-refractivity contribution < 1.29 is 28.5 Å². The zero-order valence-electron chi connectivity index (χ0n) is 24.3. The van der Waals surface area contributed by atoms with Crippen molar-refractivity contribution in [1.29, 1.82) is 0 Å². The topological polar surface area (TPSA) is 71.1 Å². The smallest absolute Gasteiger partial charge is 0.338 e. The predicted molar refractivity (Wildman–Crippen MR) is 175 cm³/mol. The van der Waals surface area contributed by atoms with E-state index in [2.05, 4.69) is 43.0 Å². The Hall–Kier alpha value is -5.88. The number of esters is 2. The summed E-state index contributed by atoms with van der Waals surface area (Å²) in [5.74, 6) is 0.800. The number of benzene rings is 6. The molecule has 0 unspecified atom stereocenters. The van der Waals surface area contributed by atoms with E-state index < -0.39 is 18.0 Å². The van der Waals surface area contributed by atoms with Crippen molar-refractivity contribution in [2.24, 2.45) is 0 Å². The lowest BCUT2D eigenvalue weighted by Gasteiger charge is -2.19. The van der Waals surface area contributed by atoms with Gasteiger partial charge in [-0.1, -0.05) is 79.4 Å². The molecule has 6 nitrogen and oxygen atoms in total. The highest BCUT2D eigenvalue weighted by Gasteiger charge is 2.20. The maximum atomic E-state index is 13.3. The summed E-state index contributed by atoms with van der Waals surface area (Å²) < 4.78 is 23.4. The Balaban J connectivity index is 1.13. The number of hydrogen-bond acceptors (Lipinski definition) is 6. The van der Waals surface area contributed by atoms with Crippen LogP contribution in [0.15, 0.2) is 134 Å². The summed E-state index contributed by atoms with van der Waals surface area (Å²) in [5, 5.41) is 4.37. The van der Waals surface area contributed by atoms with Crippen LogP contribution in [0, 0.1) is 0 Å². The Morgan fingerprint density at radius 3 is 1.73 bits per heavy atom. The quantitative estimate of drug-likeness (QED) is 0.114. The van der Waals surface area contributed by atoms with Gasteiger partial charge in [0.05, 0.1) is 5.56 Å². The summed E-state index contributed by atoms with van der Waals surface area (Å²) in [6, 6.07) is 38.8. The van der Waals surface area contributed by atoms with Crippen LogP contribution < -0.4 is 14.2 Å². The molecular formula is C39H28O6. The fraction of sp³-hybridized carbons (Fsp3) is 0.0769. The SMILES string of the molecule is C=CC(=O)Oc1ccc(-c2ccc(C(=O)OC3COc4ccc5cccc(c5c4)-c4cccc5ccc(cc45)OC3)cc2)cc1. The van der Waals surface area contributed by atoms with Crippen molar-refractivity contribution in [2.45, 2.75) is 6.10 Å². The molecule has 0 radical (unpaired) electrons. The van der Waals surface area contributed by atoms with E-state index >= 15 is 0 Å². The van der Waals surface area contributed by atoms with Crippen LogP contribution in [0.1, 0.15) is 10.4 Å². The Bertz CT molecular complexity index is 1970. The molecule has 0 fully saturated rings. The van der Waals surface area contributed by atoms with Crippen LogP contribution in [0.4, 0.5) is 0 Å². The van der Waals surface area contributed by atoms with Crippen LogP contribution in [0.5, 0.6) is 17.2 Å². The number of carbonyl (C=O) groups is 2. The van der Waals surface area contributed by atoms with Crippen LogP contribution in [-0.2, 0) is 9.53 Å². The van der Waals surface area contributed by atoms with Crippen molar-refractivity contribution in [2.75, 3.05) is 13.2 Å². The van der Waals surface area contributed by atoms with E-state index in [0.29, 0.717) is 22.8 Å². The molecule has 0 N–H and O–H groups in total. The van der Waals surface area contributed by atoms with Crippen LogP contribution in [-0.4, -0.2) is 31.3 Å². The average Bonchev–Trinajstić information content (AvgIpc) is 3.09. The van der Waals surface area contributed by atoms with Crippen molar-refractivity contribution in [3.63, 3.8) is 0 Å². The zero-order valence-corrected chi connectivity index (χ0v) is 24.3. The number of ether oxygens (including phenoxy) is 4. The lowest BCUT2D eigenvalue weighted by Crippen LogP contribution is -2.31. The summed E-state index contributed by atoms with van der Waals surface area (Å²) in [4.78, 5) is 24.7. The second-order valence-electron chi connectivity index (χ2n) is 10.8. The molecule has 6 heteroatoms. The summed E-state index contributed by atoms with van der Waals surface area (Å²) in [6.45, 7) is 3.65. The summed E-state index contributed by atoms with van der Waals surface area (Å²) in [5.41, 5.74) is 4.43. The molecule has 0 aromatic heterocycles. The van der Waals surface area contributed by atoms with Gasteiger partial charge >= 0.3 is 11.9 Å². The Morgan fingerprint density at radius 1 is 0.667 bits per heavy atom. The molecule has 0 saturated carbocycles. The number of hydrogen-bond donors (Lipinski definition) is 0. The highest BCUT2D eigenvalue weighted by molar-refractivity contribution is 6.06. The van der Waals surface area contributed by atoms with E-state index in [1.165, 1.54) is 0 Å². The summed E-state index contributed by atoms with van der Waals surface area (Å²) in [6.07, 6.45) is 0.448. The third-order valence-corrected chi connectivity index (χ3v) is 7.84. The second-order valence-corrected chi connectivity index (χ2v) is 10.8. The van der Waals surface area contributed by atoms with E-state index in [0.717, 1.165) is 49.9 Å². The fourth-order valence-corrected chi connectivity index (χ4v) is 5.54. The summed E-state index contributed by atoms with van der Waals surface area (Å²) >= 11 is 0. The van der Waals surface area contributed by atoms with Gasteiger partial charge in [0.2, 0.25) is 0 Å². The van der Waals surface area contributed by atoms with Gasteiger partial charge in [0, 0.05) is 6.08 Å². The molecular weight excluding hydrogens is 564 g/mol. The standard InChI is InChI=1S/C39H28O6/c1-2-38(40)44-30-17-13-26(14-18-30)25-9-11-29(12-10-25)39(41)45-33-23-42-31-19-15-27-5-3-7-34(36(27)21-31)35-8-4-6-28-16-20-32(43-24-33)22-37(28)35/h2-22,33H,1,23-24H2. The third-order valence-electron chi connectivity index (χ3n) is 7.84. The van der Waals surface area contributed by atoms with Gasteiger partial charge in [-0.3, -0.25) is 0 Å². The van der Waals surface area contributed by atoms with Crippen LogP contribution >= 0.6 is 0 Å². The molecule has 0 saturated heterocycles. The molecule has 220 valence electrons. The van der Waals surface area contributed by atoms with E-state index in [-0.39, 0.29) is 13.2 Å². The minimum Gasteiger partial charge on any atom is -0.490 e. The molecule has 0 aliphatic carbocycles. The average molecular weight is 593 g/mol. The van der Waals surface area contributed by atoms with Crippen molar-refractivity contribution in [3.05, 3.63) is 140 Å². The van der Waals surface area contributed by atoms with Gasteiger partial charge < -0.3 is 18.9 Å². The lowest BCUT2D eigenvalue weighted by atomic mass is 9.94. The first-order valence-electron chi connectivity index (χ1n) is 14.6. The molecule has 1 aliphatic heterocycles. The maximum absolute atomic E-state index is 13.3. The van der Waals surface area contributed by atoms with Gasteiger partial charge in [0.25, 0.3) is 0 Å². The third kappa shape index (κ3) is 5.86. The van der Waals surface area contributed by atoms with Crippen LogP contribution in [0.25, 0.3) is 43.8 Å². The molecule has 4 bridgehead atoms. The highest BCUT2D eigenvalue weighted by atomic mass is 16.6. The predicted octanol–water partition coefficient (Wildman–Crippen LogP) is 8.42. The highest BCUT2D eigenvalue weighted by Crippen LogP contribution is 2.37. The Morgan fingerprint density at radius 2 is 1.20 bits per heavy atom. The van der Waals surface area contributed by atoms with E-state index in [4.69, 9.17) is 18.9 Å².